The maximum absolute atomic E-state index is 12.3. The number of hydrogen-bond acceptors (Lipinski definition) is 2. The quantitative estimate of drug-likeness (QED) is 0.603. The first kappa shape index (κ1) is 13.3. The largest absolute Gasteiger partial charge is 0.496 e. The molecule has 0 heterocycles. The maximum atomic E-state index is 12.3. The van der Waals surface area contributed by atoms with Crippen molar-refractivity contribution in [3.63, 3.8) is 0 Å². The minimum Gasteiger partial charge on any atom is -0.496 e. The highest BCUT2D eigenvalue weighted by Gasteiger charge is 2.40. The van der Waals surface area contributed by atoms with Crippen molar-refractivity contribution in [2.75, 3.05) is 7.11 Å². The summed E-state index contributed by atoms with van der Waals surface area (Å²) in [6.07, 6.45) is -4.89. The summed E-state index contributed by atoms with van der Waals surface area (Å²) in [5.74, 6) is -1.95. The molecular weight excluding hydrogens is 233 g/mol. The molecule has 92 valence electrons. The van der Waals surface area contributed by atoms with Gasteiger partial charge in [-0.3, -0.25) is 4.79 Å². The summed E-state index contributed by atoms with van der Waals surface area (Å²) in [5.41, 5.74) is -0.0173. The second-order valence-electron chi connectivity index (χ2n) is 3.35. The van der Waals surface area contributed by atoms with Crippen LogP contribution < -0.4 is 0 Å². The first-order valence-electron chi connectivity index (χ1n) is 4.79. The van der Waals surface area contributed by atoms with Crippen molar-refractivity contribution in [2.24, 2.45) is 0 Å². The summed E-state index contributed by atoms with van der Waals surface area (Å²) in [5, 5.41) is 0. The molecule has 0 saturated heterocycles. The lowest BCUT2D eigenvalue weighted by molar-refractivity contribution is -0.166. The van der Waals surface area contributed by atoms with Crippen LogP contribution in [-0.4, -0.2) is 19.1 Å². The molecule has 1 aromatic rings. The van der Waals surface area contributed by atoms with Gasteiger partial charge in [-0.25, -0.2) is 0 Å². The highest BCUT2D eigenvalue weighted by molar-refractivity contribution is 6.04. The molecular formula is C12H11F3O2. The third kappa shape index (κ3) is 3.09. The number of Topliss-reactive ketones (excluding diaryl/α,β-unsaturated/α-hetero) is 1. The van der Waals surface area contributed by atoms with Gasteiger partial charge in [0.1, 0.15) is 5.76 Å². The van der Waals surface area contributed by atoms with E-state index in [0.717, 1.165) is 6.92 Å². The monoisotopic (exact) mass is 244 g/mol. The van der Waals surface area contributed by atoms with Crippen LogP contribution in [0.2, 0.25) is 0 Å². The van der Waals surface area contributed by atoms with Gasteiger partial charge in [0.25, 0.3) is 5.78 Å². The van der Waals surface area contributed by atoms with Gasteiger partial charge in [-0.1, -0.05) is 30.3 Å². The maximum Gasteiger partial charge on any atom is 0.454 e. The van der Waals surface area contributed by atoms with Gasteiger partial charge in [-0.15, -0.1) is 0 Å². The van der Waals surface area contributed by atoms with Crippen molar-refractivity contribution >= 4 is 11.5 Å². The van der Waals surface area contributed by atoms with Crippen molar-refractivity contribution in [3.8, 4) is 0 Å². The van der Waals surface area contributed by atoms with Crippen LogP contribution in [0.4, 0.5) is 13.2 Å². The minimum absolute atomic E-state index is 0.0621. The Labute approximate surface area is 96.7 Å². The average Bonchev–Trinajstić information content (AvgIpc) is 2.29. The Balaban J connectivity index is 3.21. The van der Waals surface area contributed by atoms with E-state index in [4.69, 9.17) is 4.74 Å². The number of allylic oxidation sites excluding steroid dienone is 1. The van der Waals surface area contributed by atoms with Gasteiger partial charge in [0.2, 0.25) is 0 Å². The van der Waals surface area contributed by atoms with E-state index in [-0.39, 0.29) is 5.76 Å². The number of alkyl halides is 3. The fraction of sp³-hybridized carbons (Fsp3) is 0.250. The molecule has 0 saturated carbocycles. The van der Waals surface area contributed by atoms with Crippen molar-refractivity contribution in [2.45, 2.75) is 13.1 Å². The number of hydrogen-bond donors (Lipinski definition) is 0. The predicted molar refractivity (Wildman–Crippen MR) is 57.1 cm³/mol. The van der Waals surface area contributed by atoms with Crippen LogP contribution in [0.5, 0.6) is 0 Å². The van der Waals surface area contributed by atoms with E-state index < -0.39 is 17.5 Å². The molecule has 1 rings (SSSR count). The standard InChI is InChI=1S/C12H11F3O2/c1-8(11(16)12(13,14)15)10(17-2)9-6-4-3-5-7-9/h3-7H,1-2H3/b10-8-. The fourth-order valence-corrected chi connectivity index (χ4v) is 1.39. The molecule has 0 aliphatic rings. The van der Waals surface area contributed by atoms with E-state index in [9.17, 15) is 18.0 Å². The van der Waals surface area contributed by atoms with E-state index in [1.165, 1.54) is 7.11 Å². The van der Waals surface area contributed by atoms with E-state index in [2.05, 4.69) is 0 Å². The molecule has 0 unspecified atom stereocenters. The first-order chi connectivity index (χ1) is 7.88. The second kappa shape index (κ2) is 5.03. The molecule has 1 aromatic carbocycles. The number of methoxy groups -OCH3 is 1. The van der Waals surface area contributed by atoms with Crippen molar-refractivity contribution in [3.05, 3.63) is 41.5 Å². The van der Waals surface area contributed by atoms with Crippen molar-refractivity contribution in [1.29, 1.82) is 0 Å². The number of halogens is 3. The van der Waals surface area contributed by atoms with Crippen LogP contribution in [-0.2, 0) is 9.53 Å². The highest BCUT2D eigenvalue weighted by Crippen LogP contribution is 2.26. The first-order valence-corrected chi connectivity index (χ1v) is 4.79. The Hall–Kier alpha value is -1.78. The Morgan fingerprint density at radius 1 is 1.18 bits per heavy atom. The van der Waals surface area contributed by atoms with Crippen LogP contribution in [0, 0.1) is 0 Å². The normalized spacial score (nSPS) is 13.0. The molecule has 5 heteroatoms. The van der Waals surface area contributed by atoms with E-state index >= 15 is 0 Å². The zero-order valence-electron chi connectivity index (χ0n) is 9.34. The van der Waals surface area contributed by atoms with Crippen molar-refractivity contribution < 1.29 is 22.7 Å². The van der Waals surface area contributed by atoms with Crippen LogP contribution in [0.25, 0.3) is 5.76 Å². The summed E-state index contributed by atoms with van der Waals surface area (Å²) >= 11 is 0. The van der Waals surface area contributed by atoms with Gasteiger partial charge in [-0.05, 0) is 6.92 Å². The van der Waals surface area contributed by atoms with Crippen LogP contribution in [0.1, 0.15) is 12.5 Å². The van der Waals surface area contributed by atoms with Gasteiger partial charge in [0.05, 0.1) is 7.11 Å². The third-order valence-electron chi connectivity index (χ3n) is 2.18. The highest BCUT2D eigenvalue weighted by atomic mass is 19.4. The molecule has 0 N–H and O–H groups in total. The number of carbonyl (C=O) groups excluding carboxylic acids is 1. The summed E-state index contributed by atoms with van der Waals surface area (Å²) in [4.78, 5) is 11.1. The number of benzene rings is 1. The van der Waals surface area contributed by atoms with Crippen molar-refractivity contribution in [1.82, 2.24) is 0 Å². The van der Waals surface area contributed by atoms with Gasteiger partial charge < -0.3 is 4.74 Å². The lowest BCUT2D eigenvalue weighted by Gasteiger charge is -2.12. The minimum atomic E-state index is -4.89. The topological polar surface area (TPSA) is 26.3 Å². The van der Waals surface area contributed by atoms with E-state index in [0.29, 0.717) is 5.56 Å². The van der Waals surface area contributed by atoms with Crippen LogP contribution in [0.3, 0.4) is 0 Å². The number of carbonyl (C=O) groups is 1. The summed E-state index contributed by atoms with van der Waals surface area (Å²) in [6, 6.07) is 8.18. The van der Waals surface area contributed by atoms with Crippen LogP contribution in [0.15, 0.2) is 35.9 Å². The lowest BCUT2D eigenvalue weighted by atomic mass is 10.1. The fourth-order valence-electron chi connectivity index (χ4n) is 1.39. The Bertz CT molecular complexity index is 433. The predicted octanol–water partition coefficient (Wildman–Crippen LogP) is 3.20. The Morgan fingerprint density at radius 2 is 1.71 bits per heavy atom. The molecule has 0 aliphatic heterocycles. The molecule has 0 spiro atoms. The third-order valence-corrected chi connectivity index (χ3v) is 2.18. The average molecular weight is 244 g/mol. The SMILES string of the molecule is CO/C(=C(/C)C(=O)C(F)(F)F)c1ccccc1. The van der Waals surface area contributed by atoms with Gasteiger partial charge in [-0.2, -0.15) is 13.2 Å². The molecule has 0 bridgehead atoms. The Morgan fingerprint density at radius 3 is 2.12 bits per heavy atom. The Kier molecular flexibility index (Phi) is 3.93. The molecule has 0 aliphatic carbocycles. The van der Waals surface area contributed by atoms with Gasteiger partial charge >= 0.3 is 6.18 Å². The zero-order chi connectivity index (χ0) is 13.1. The van der Waals surface area contributed by atoms with E-state index in [1.54, 1.807) is 30.3 Å². The number of rotatable bonds is 3. The lowest BCUT2D eigenvalue weighted by Crippen LogP contribution is -2.24. The smallest absolute Gasteiger partial charge is 0.454 e. The molecule has 0 atom stereocenters. The number of ether oxygens (including phenoxy) is 1. The summed E-state index contributed by atoms with van der Waals surface area (Å²) < 4.78 is 41.7. The second-order valence-corrected chi connectivity index (χ2v) is 3.35. The number of ketones is 1. The molecule has 0 aromatic heterocycles. The molecule has 17 heavy (non-hydrogen) atoms. The molecule has 2 nitrogen and oxygen atoms in total. The summed E-state index contributed by atoms with van der Waals surface area (Å²) in [7, 11) is 1.23. The van der Waals surface area contributed by atoms with Gasteiger partial charge in [0.15, 0.2) is 0 Å². The van der Waals surface area contributed by atoms with E-state index in [1.807, 2.05) is 0 Å². The molecule has 0 fully saturated rings. The van der Waals surface area contributed by atoms with Gasteiger partial charge in [0, 0.05) is 11.1 Å². The summed E-state index contributed by atoms with van der Waals surface area (Å²) in [6.45, 7) is 1.10. The molecule has 0 radical (unpaired) electrons. The zero-order valence-corrected chi connectivity index (χ0v) is 9.34. The molecule has 0 amide bonds. The van der Waals surface area contributed by atoms with Crippen LogP contribution >= 0.6 is 0 Å².